The predicted octanol–water partition coefficient (Wildman–Crippen LogP) is 3.22. The Bertz CT molecular complexity index is 447. The van der Waals surface area contributed by atoms with Gasteiger partial charge in [0.1, 0.15) is 0 Å². The number of hydrogen-bond acceptors (Lipinski definition) is 3. The summed E-state index contributed by atoms with van der Waals surface area (Å²) in [7, 11) is 0. The molecule has 1 aromatic rings. The molecule has 1 aliphatic rings. The SMILES string of the molecule is Cl.N#C[C@@H]1CNCCO[C@H]1c1ccc(Cl)c(Cl)c1. The van der Waals surface area contributed by atoms with Crippen molar-refractivity contribution < 1.29 is 4.74 Å². The average molecular weight is 308 g/mol. The third kappa shape index (κ3) is 3.50. The molecule has 1 aromatic carbocycles. The van der Waals surface area contributed by atoms with Crippen LogP contribution in [0.1, 0.15) is 11.7 Å². The van der Waals surface area contributed by atoms with Gasteiger partial charge in [-0.3, -0.25) is 0 Å². The fourth-order valence-electron chi connectivity index (χ4n) is 1.87. The van der Waals surface area contributed by atoms with E-state index in [4.69, 9.17) is 33.2 Å². The van der Waals surface area contributed by atoms with E-state index in [1.807, 2.05) is 6.07 Å². The van der Waals surface area contributed by atoms with Crippen LogP contribution in [0.2, 0.25) is 10.0 Å². The minimum atomic E-state index is -0.246. The van der Waals surface area contributed by atoms with Crippen LogP contribution >= 0.6 is 35.6 Å². The third-order valence-electron chi connectivity index (χ3n) is 2.74. The average Bonchev–Trinajstić information content (AvgIpc) is 2.57. The van der Waals surface area contributed by atoms with Crippen molar-refractivity contribution in [1.82, 2.24) is 5.32 Å². The maximum atomic E-state index is 9.14. The molecule has 0 aromatic heterocycles. The lowest BCUT2D eigenvalue weighted by atomic mass is 9.97. The van der Waals surface area contributed by atoms with E-state index in [1.165, 1.54) is 0 Å². The van der Waals surface area contributed by atoms with E-state index in [0.29, 0.717) is 23.2 Å². The van der Waals surface area contributed by atoms with Gasteiger partial charge in [-0.2, -0.15) is 5.26 Å². The predicted molar refractivity (Wildman–Crippen MR) is 74.4 cm³/mol. The van der Waals surface area contributed by atoms with Crippen LogP contribution in [0.5, 0.6) is 0 Å². The van der Waals surface area contributed by atoms with Gasteiger partial charge in [0.05, 0.1) is 34.7 Å². The number of hydrogen-bond donors (Lipinski definition) is 1. The summed E-state index contributed by atoms with van der Waals surface area (Å²) in [5.41, 5.74) is 0.898. The molecule has 0 amide bonds. The van der Waals surface area contributed by atoms with Gasteiger partial charge >= 0.3 is 0 Å². The fourth-order valence-corrected chi connectivity index (χ4v) is 2.18. The van der Waals surface area contributed by atoms with Gasteiger partial charge in [-0.25, -0.2) is 0 Å². The van der Waals surface area contributed by atoms with Crippen LogP contribution < -0.4 is 5.32 Å². The molecular formula is C12H13Cl3N2O. The summed E-state index contributed by atoms with van der Waals surface area (Å²) in [6, 6.07) is 7.62. The zero-order valence-electron chi connectivity index (χ0n) is 9.53. The normalized spacial score (nSPS) is 23.6. The standard InChI is InChI=1S/C12H12Cl2N2O.ClH/c13-10-2-1-8(5-11(10)14)12-9(6-15)7-16-3-4-17-12;/h1-2,5,9,12,16H,3-4,7H2;1H/t9-,12+;/m1./s1. The van der Waals surface area contributed by atoms with Crippen LogP contribution in [0, 0.1) is 17.2 Å². The zero-order chi connectivity index (χ0) is 12.3. The van der Waals surface area contributed by atoms with E-state index in [2.05, 4.69) is 11.4 Å². The van der Waals surface area contributed by atoms with Crippen LogP contribution in [-0.4, -0.2) is 19.7 Å². The van der Waals surface area contributed by atoms with E-state index in [9.17, 15) is 0 Å². The van der Waals surface area contributed by atoms with Crippen LogP contribution in [0.3, 0.4) is 0 Å². The summed E-state index contributed by atoms with van der Waals surface area (Å²) < 4.78 is 5.70. The largest absolute Gasteiger partial charge is 0.371 e. The first-order chi connectivity index (χ1) is 8.22. The maximum Gasteiger partial charge on any atom is 0.0996 e. The molecule has 0 saturated carbocycles. The smallest absolute Gasteiger partial charge is 0.0996 e. The summed E-state index contributed by atoms with van der Waals surface area (Å²) in [5, 5.41) is 13.3. The molecular weight excluding hydrogens is 295 g/mol. The summed E-state index contributed by atoms with van der Waals surface area (Å²) in [5.74, 6) is -0.213. The molecule has 0 aliphatic carbocycles. The lowest BCUT2D eigenvalue weighted by Crippen LogP contribution is -2.23. The molecule has 0 spiro atoms. The lowest BCUT2D eigenvalue weighted by Gasteiger charge is -2.19. The number of halogens is 3. The molecule has 6 heteroatoms. The van der Waals surface area contributed by atoms with Crippen molar-refractivity contribution in [3.05, 3.63) is 33.8 Å². The van der Waals surface area contributed by atoms with Gasteiger partial charge < -0.3 is 10.1 Å². The van der Waals surface area contributed by atoms with Crippen molar-refractivity contribution in [2.24, 2.45) is 5.92 Å². The number of ether oxygens (including phenoxy) is 1. The van der Waals surface area contributed by atoms with Gasteiger partial charge in [0.2, 0.25) is 0 Å². The third-order valence-corrected chi connectivity index (χ3v) is 3.48. The Hall–Kier alpha value is -0.500. The molecule has 98 valence electrons. The first kappa shape index (κ1) is 15.6. The summed E-state index contributed by atoms with van der Waals surface area (Å²) in [6.07, 6.45) is -0.246. The van der Waals surface area contributed by atoms with Gasteiger partial charge in [-0.05, 0) is 17.7 Å². The number of benzene rings is 1. The van der Waals surface area contributed by atoms with E-state index in [-0.39, 0.29) is 24.4 Å². The number of nitrogens with one attached hydrogen (secondary N) is 1. The lowest BCUT2D eigenvalue weighted by molar-refractivity contribution is 0.0456. The Morgan fingerprint density at radius 1 is 1.33 bits per heavy atom. The van der Waals surface area contributed by atoms with Gasteiger partial charge in [0.15, 0.2) is 0 Å². The van der Waals surface area contributed by atoms with Crippen LogP contribution in [-0.2, 0) is 4.74 Å². The Morgan fingerprint density at radius 2 is 2.11 bits per heavy atom. The molecule has 1 saturated heterocycles. The molecule has 1 heterocycles. The summed E-state index contributed by atoms with van der Waals surface area (Å²) in [4.78, 5) is 0. The van der Waals surface area contributed by atoms with Crippen LogP contribution in [0.4, 0.5) is 0 Å². The van der Waals surface area contributed by atoms with Crippen molar-refractivity contribution in [1.29, 1.82) is 5.26 Å². The van der Waals surface area contributed by atoms with Gasteiger partial charge in [-0.15, -0.1) is 12.4 Å². The monoisotopic (exact) mass is 306 g/mol. The Kier molecular flexibility index (Phi) is 6.20. The number of nitriles is 1. The first-order valence-corrected chi connectivity index (χ1v) is 6.15. The molecule has 1 fully saturated rings. The molecule has 18 heavy (non-hydrogen) atoms. The van der Waals surface area contributed by atoms with Crippen molar-refractivity contribution in [3.8, 4) is 6.07 Å². The molecule has 2 rings (SSSR count). The molecule has 0 unspecified atom stereocenters. The Labute approximate surface area is 122 Å². The Balaban J connectivity index is 0.00000162. The minimum Gasteiger partial charge on any atom is -0.371 e. The Morgan fingerprint density at radius 3 is 2.78 bits per heavy atom. The second-order valence-electron chi connectivity index (χ2n) is 3.90. The topological polar surface area (TPSA) is 45.0 Å². The minimum absolute atomic E-state index is 0. The van der Waals surface area contributed by atoms with Crippen molar-refractivity contribution in [2.75, 3.05) is 19.7 Å². The van der Waals surface area contributed by atoms with Crippen molar-refractivity contribution >= 4 is 35.6 Å². The molecule has 2 atom stereocenters. The highest BCUT2D eigenvalue weighted by molar-refractivity contribution is 6.42. The maximum absolute atomic E-state index is 9.14. The van der Waals surface area contributed by atoms with E-state index in [1.54, 1.807) is 12.1 Å². The van der Waals surface area contributed by atoms with Gasteiger partial charge in [-0.1, -0.05) is 29.3 Å². The second-order valence-corrected chi connectivity index (χ2v) is 4.72. The van der Waals surface area contributed by atoms with Gasteiger partial charge in [0, 0.05) is 13.1 Å². The van der Waals surface area contributed by atoms with E-state index < -0.39 is 0 Å². The van der Waals surface area contributed by atoms with Crippen molar-refractivity contribution in [2.45, 2.75) is 6.10 Å². The van der Waals surface area contributed by atoms with E-state index >= 15 is 0 Å². The van der Waals surface area contributed by atoms with E-state index in [0.717, 1.165) is 12.1 Å². The highest BCUT2D eigenvalue weighted by Gasteiger charge is 2.26. The molecule has 1 aliphatic heterocycles. The highest BCUT2D eigenvalue weighted by atomic mass is 35.5. The molecule has 0 bridgehead atoms. The van der Waals surface area contributed by atoms with Crippen molar-refractivity contribution in [3.63, 3.8) is 0 Å². The highest BCUT2D eigenvalue weighted by Crippen LogP contribution is 2.31. The molecule has 1 N–H and O–H groups in total. The summed E-state index contributed by atoms with van der Waals surface area (Å²) in [6.45, 7) is 1.97. The quantitative estimate of drug-likeness (QED) is 0.866. The van der Waals surface area contributed by atoms with Gasteiger partial charge in [0.25, 0.3) is 0 Å². The molecule has 3 nitrogen and oxygen atoms in total. The fraction of sp³-hybridized carbons (Fsp3) is 0.417. The van der Waals surface area contributed by atoms with Crippen LogP contribution in [0.15, 0.2) is 18.2 Å². The summed E-state index contributed by atoms with van der Waals surface area (Å²) >= 11 is 11.9. The number of rotatable bonds is 1. The zero-order valence-corrected chi connectivity index (χ0v) is 11.9. The molecule has 0 radical (unpaired) electrons. The number of nitrogens with zero attached hydrogens (tertiary/aromatic N) is 1. The van der Waals surface area contributed by atoms with Crippen LogP contribution in [0.25, 0.3) is 0 Å². The first-order valence-electron chi connectivity index (χ1n) is 5.39. The second kappa shape index (κ2) is 7.18.